The quantitative estimate of drug-likeness (QED) is 0.0592. The molecule has 0 saturated heterocycles. The van der Waals surface area contributed by atoms with Crippen LogP contribution in [0.2, 0.25) is 0 Å². The molecule has 9 heteroatoms. The van der Waals surface area contributed by atoms with Crippen molar-refractivity contribution >= 4 is 5.97 Å². The van der Waals surface area contributed by atoms with Gasteiger partial charge in [-0.25, -0.2) is 9.80 Å². The number of benzene rings is 5. The Morgan fingerprint density at radius 1 is 0.750 bits per heavy atom. The fourth-order valence-corrected chi connectivity index (χ4v) is 6.29. The summed E-state index contributed by atoms with van der Waals surface area (Å²) in [5.41, 5.74) is 5.62. The number of ether oxygens (including phenoxy) is 1. The molecule has 0 fully saturated rings. The number of hydrogen-bond donors (Lipinski definition) is 0. The van der Waals surface area contributed by atoms with E-state index in [-0.39, 0.29) is 12.5 Å². The summed E-state index contributed by atoms with van der Waals surface area (Å²) < 4.78 is 4.93. The van der Waals surface area contributed by atoms with Gasteiger partial charge in [-0.05, 0) is 44.5 Å². The molecule has 0 radical (unpaired) electrons. The molecule has 0 amide bonds. The van der Waals surface area contributed by atoms with Crippen molar-refractivity contribution in [1.82, 2.24) is 25.2 Å². The van der Waals surface area contributed by atoms with Gasteiger partial charge in [-0.15, -0.1) is 19.9 Å². The normalized spacial score (nSPS) is 12.0. The van der Waals surface area contributed by atoms with Gasteiger partial charge >= 0.3 is 5.97 Å². The van der Waals surface area contributed by atoms with Crippen molar-refractivity contribution in [3.8, 4) is 22.5 Å². The molecule has 0 bridgehead atoms. The molecule has 5 aromatic carbocycles. The van der Waals surface area contributed by atoms with Gasteiger partial charge in [-0.3, -0.25) is 0 Å². The first-order valence-corrected chi connectivity index (χ1v) is 15.8. The number of tetrazole rings is 1. The second-order valence-electron chi connectivity index (χ2n) is 11.8. The highest BCUT2D eigenvalue weighted by atomic mass is 16.5. The van der Waals surface area contributed by atoms with Gasteiger partial charge in [0.2, 0.25) is 5.82 Å². The zero-order valence-electron chi connectivity index (χ0n) is 27.0. The second kappa shape index (κ2) is 14.2. The predicted octanol–water partition coefficient (Wildman–Crippen LogP) is 7.53. The standard InChI is InChI=1S/C39H36N6O3/c1-28(2)36(38(46)48-3)44(43-47)27-29-23-25-30(26-24-29)34-21-13-14-22-35(34)37-40-42-45(41-37)39(31-15-7-4-8-16-31,32-17-9-5-10-18-32)33-19-11-6-12-20-33/h4-26,28,36H,27H2,1-3H3/t36-/m0/s1. The number of rotatable bonds is 12. The summed E-state index contributed by atoms with van der Waals surface area (Å²) in [4.78, 5) is 25.9. The summed E-state index contributed by atoms with van der Waals surface area (Å²) in [5.74, 6) is -0.172. The minimum Gasteiger partial charge on any atom is -0.467 e. The molecule has 6 aromatic rings. The van der Waals surface area contributed by atoms with Crippen LogP contribution >= 0.6 is 0 Å². The first-order valence-electron chi connectivity index (χ1n) is 15.8. The number of nitroso groups, excluding NO2 is 1. The van der Waals surface area contributed by atoms with E-state index in [2.05, 4.69) is 46.8 Å². The van der Waals surface area contributed by atoms with Crippen LogP contribution in [0.1, 0.15) is 36.1 Å². The lowest BCUT2D eigenvalue weighted by Gasteiger charge is -2.34. The third-order valence-electron chi connectivity index (χ3n) is 8.57. The maximum Gasteiger partial charge on any atom is 0.330 e. The van der Waals surface area contributed by atoms with Crippen molar-refractivity contribution in [2.75, 3.05) is 7.11 Å². The average molecular weight is 637 g/mol. The lowest BCUT2D eigenvalue weighted by molar-refractivity contribution is -0.149. The summed E-state index contributed by atoms with van der Waals surface area (Å²) in [6, 6.07) is 45.7. The second-order valence-corrected chi connectivity index (χ2v) is 11.8. The molecule has 0 N–H and O–H groups in total. The van der Waals surface area contributed by atoms with Gasteiger partial charge in [-0.2, -0.15) is 0 Å². The van der Waals surface area contributed by atoms with Gasteiger partial charge in [0.25, 0.3) is 0 Å². The topological polar surface area (TPSA) is 103 Å². The van der Waals surface area contributed by atoms with Gasteiger partial charge in [0, 0.05) is 5.56 Å². The van der Waals surface area contributed by atoms with E-state index >= 15 is 0 Å². The Morgan fingerprint density at radius 2 is 1.25 bits per heavy atom. The van der Waals surface area contributed by atoms with Crippen LogP contribution in [0.4, 0.5) is 0 Å². The van der Waals surface area contributed by atoms with Crippen LogP contribution in [-0.4, -0.2) is 44.3 Å². The molecule has 0 unspecified atom stereocenters. The van der Waals surface area contributed by atoms with Gasteiger partial charge in [-0.1, -0.05) is 153 Å². The smallest absolute Gasteiger partial charge is 0.330 e. The summed E-state index contributed by atoms with van der Waals surface area (Å²) >= 11 is 0. The van der Waals surface area contributed by atoms with E-state index in [0.29, 0.717) is 5.82 Å². The monoisotopic (exact) mass is 636 g/mol. The minimum atomic E-state index is -0.887. The zero-order chi connectivity index (χ0) is 33.5. The van der Waals surface area contributed by atoms with Crippen LogP contribution in [0.5, 0.6) is 0 Å². The predicted molar refractivity (Wildman–Crippen MR) is 185 cm³/mol. The van der Waals surface area contributed by atoms with E-state index in [1.165, 1.54) is 12.1 Å². The van der Waals surface area contributed by atoms with Crippen LogP contribution in [-0.2, 0) is 21.6 Å². The molecule has 6 rings (SSSR count). The maximum atomic E-state index is 12.4. The van der Waals surface area contributed by atoms with Crippen molar-refractivity contribution in [3.05, 3.63) is 167 Å². The van der Waals surface area contributed by atoms with Crippen LogP contribution in [0.25, 0.3) is 22.5 Å². The Kier molecular flexibility index (Phi) is 9.47. The largest absolute Gasteiger partial charge is 0.467 e. The highest BCUT2D eigenvalue weighted by Gasteiger charge is 2.41. The van der Waals surface area contributed by atoms with Gasteiger partial charge < -0.3 is 4.74 Å². The van der Waals surface area contributed by atoms with Crippen molar-refractivity contribution in [2.45, 2.75) is 32.0 Å². The van der Waals surface area contributed by atoms with Crippen molar-refractivity contribution in [3.63, 3.8) is 0 Å². The van der Waals surface area contributed by atoms with Crippen LogP contribution in [0, 0.1) is 10.8 Å². The molecule has 0 spiro atoms. The summed E-state index contributed by atoms with van der Waals surface area (Å²) in [6.07, 6.45) is 0. The zero-order valence-corrected chi connectivity index (χ0v) is 27.0. The number of nitrogens with zero attached hydrogens (tertiary/aromatic N) is 6. The fraction of sp³-hybridized carbons (Fsp3) is 0.179. The Bertz CT molecular complexity index is 1870. The molecule has 1 atom stereocenters. The number of hydrogen-bond acceptors (Lipinski definition) is 7. The lowest BCUT2D eigenvalue weighted by atomic mass is 9.77. The van der Waals surface area contributed by atoms with Crippen LogP contribution < -0.4 is 0 Å². The Labute approximate surface area is 279 Å². The lowest BCUT2D eigenvalue weighted by Crippen LogP contribution is -2.41. The van der Waals surface area contributed by atoms with E-state index in [1.54, 1.807) is 4.80 Å². The van der Waals surface area contributed by atoms with Gasteiger partial charge in [0.05, 0.1) is 18.9 Å². The third kappa shape index (κ3) is 6.10. The molecule has 0 aliphatic rings. The van der Waals surface area contributed by atoms with Crippen LogP contribution in [0.3, 0.4) is 0 Å². The highest BCUT2D eigenvalue weighted by Crippen LogP contribution is 2.40. The Hall–Kier alpha value is -5.96. The van der Waals surface area contributed by atoms with Gasteiger partial charge in [0.15, 0.2) is 11.6 Å². The molecule has 9 nitrogen and oxygen atoms in total. The number of carbonyl (C=O) groups excluding carboxylic acids is 1. The van der Waals surface area contributed by atoms with Crippen molar-refractivity contribution in [1.29, 1.82) is 0 Å². The average Bonchev–Trinajstić information content (AvgIpc) is 3.63. The first-order chi connectivity index (χ1) is 23.5. The molecular weight excluding hydrogens is 600 g/mol. The summed E-state index contributed by atoms with van der Waals surface area (Å²) in [6.45, 7) is 3.88. The highest BCUT2D eigenvalue weighted by molar-refractivity contribution is 5.80. The van der Waals surface area contributed by atoms with E-state index < -0.39 is 17.6 Å². The number of esters is 1. The molecule has 1 aromatic heterocycles. The maximum absolute atomic E-state index is 12.4. The van der Waals surface area contributed by atoms with Crippen LogP contribution in [0.15, 0.2) is 145 Å². The van der Waals surface area contributed by atoms with E-state index in [1.807, 2.05) is 117 Å². The van der Waals surface area contributed by atoms with E-state index in [0.717, 1.165) is 38.9 Å². The Balaban J connectivity index is 1.40. The summed E-state index contributed by atoms with van der Waals surface area (Å²) in [5, 5.41) is 18.8. The minimum absolute atomic E-state index is 0.161. The Morgan fingerprint density at radius 3 is 1.73 bits per heavy atom. The SMILES string of the molecule is COC(=O)[C@H](C(C)C)N(Cc1ccc(-c2ccccc2-c2nnn(C(c3ccccc3)(c3ccccc3)c3ccccc3)n2)cc1)N=O. The fourth-order valence-electron chi connectivity index (χ4n) is 6.29. The van der Waals surface area contributed by atoms with E-state index in [4.69, 9.17) is 15.0 Å². The number of aromatic nitrogens is 4. The number of methoxy groups -OCH3 is 1. The van der Waals surface area contributed by atoms with E-state index in [9.17, 15) is 9.70 Å². The number of carbonyl (C=O) groups is 1. The van der Waals surface area contributed by atoms with Crippen molar-refractivity contribution < 1.29 is 9.53 Å². The molecule has 240 valence electrons. The van der Waals surface area contributed by atoms with Gasteiger partial charge in [0.1, 0.15) is 0 Å². The molecule has 0 saturated carbocycles. The third-order valence-corrected chi connectivity index (χ3v) is 8.57. The molecular formula is C39H36N6O3. The molecule has 0 aliphatic heterocycles. The first kappa shape index (κ1) is 32.0. The molecule has 0 aliphatic carbocycles. The summed E-state index contributed by atoms with van der Waals surface area (Å²) in [7, 11) is 1.31. The molecule has 48 heavy (non-hydrogen) atoms. The van der Waals surface area contributed by atoms with Crippen molar-refractivity contribution in [2.24, 2.45) is 11.2 Å². The molecule has 1 heterocycles.